The third-order valence-corrected chi connectivity index (χ3v) is 4.74. The van der Waals surface area contributed by atoms with Gasteiger partial charge in [0, 0.05) is 30.7 Å². The molecule has 4 N–H and O–H groups in total. The molecular weight excluding hydrogens is 370 g/mol. The molecule has 0 spiro atoms. The third kappa shape index (κ3) is 5.01. The molecule has 2 aromatic carbocycles. The molecule has 0 radical (unpaired) electrons. The molecule has 7 heteroatoms. The van der Waals surface area contributed by atoms with Gasteiger partial charge in [-0.25, -0.2) is 4.79 Å². The lowest BCUT2D eigenvalue weighted by Gasteiger charge is -2.04. The van der Waals surface area contributed by atoms with Crippen LogP contribution in [-0.4, -0.2) is 34.0 Å². The lowest BCUT2D eigenvalue weighted by Crippen LogP contribution is -2.10. The first-order valence-electron chi connectivity index (χ1n) is 9.35. The summed E-state index contributed by atoms with van der Waals surface area (Å²) >= 11 is 0. The SMILES string of the molecule is CC(=O)n1cc(C(N)=O)c2ccccc21.O=C(O)c1ccc(NCC2CC2)cc1. The fourth-order valence-corrected chi connectivity index (χ4v) is 2.95. The maximum atomic E-state index is 11.3. The number of carbonyl (C=O) groups is 3. The van der Waals surface area contributed by atoms with Crippen LogP contribution in [0.1, 0.15) is 45.3 Å². The molecule has 3 aromatic rings. The van der Waals surface area contributed by atoms with Gasteiger partial charge in [0.1, 0.15) is 0 Å². The van der Waals surface area contributed by atoms with Crippen LogP contribution in [0.15, 0.2) is 54.7 Å². The summed E-state index contributed by atoms with van der Waals surface area (Å²) in [5.74, 6) is -0.710. The molecule has 0 atom stereocenters. The second-order valence-electron chi connectivity index (χ2n) is 7.02. The number of fused-ring (bicyclic) bond motifs is 1. The van der Waals surface area contributed by atoms with Crippen LogP contribution >= 0.6 is 0 Å². The Bertz CT molecular complexity index is 1000. The van der Waals surface area contributed by atoms with E-state index in [2.05, 4.69) is 5.32 Å². The van der Waals surface area contributed by atoms with Gasteiger partial charge in [0.15, 0.2) is 0 Å². The first-order valence-corrected chi connectivity index (χ1v) is 9.35. The van der Waals surface area contributed by atoms with Crippen LogP contribution in [0, 0.1) is 5.92 Å². The Morgan fingerprint density at radius 3 is 2.31 bits per heavy atom. The fraction of sp³-hybridized carbons (Fsp3) is 0.227. The molecule has 4 rings (SSSR count). The highest BCUT2D eigenvalue weighted by Crippen LogP contribution is 2.28. The van der Waals surface area contributed by atoms with Crippen LogP contribution in [-0.2, 0) is 0 Å². The van der Waals surface area contributed by atoms with Gasteiger partial charge in [-0.3, -0.25) is 14.2 Å². The van der Waals surface area contributed by atoms with Gasteiger partial charge in [0.25, 0.3) is 5.91 Å². The largest absolute Gasteiger partial charge is 0.478 e. The normalized spacial score (nSPS) is 12.7. The van der Waals surface area contributed by atoms with Gasteiger partial charge in [-0.2, -0.15) is 0 Å². The zero-order valence-corrected chi connectivity index (χ0v) is 16.1. The third-order valence-electron chi connectivity index (χ3n) is 4.74. The average molecular weight is 393 g/mol. The second kappa shape index (κ2) is 8.60. The maximum Gasteiger partial charge on any atom is 0.335 e. The number of hydrogen-bond donors (Lipinski definition) is 3. The van der Waals surface area contributed by atoms with E-state index in [0.717, 1.165) is 18.2 Å². The molecule has 1 aromatic heterocycles. The molecule has 1 saturated carbocycles. The van der Waals surface area contributed by atoms with Crippen LogP contribution in [0.5, 0.6) is 0 Å². The van der Waals surface area contributed by atoms with Gasteiger partial charge >= 0.3 is 5.97 Å². The summed E-state index contributed by atoms with van der Waals surface area (Å²) in [6, 6.07) is 14.0. The summed E-state index contributed by atoms with van der Waals surface area (Å²) in [6.45, 7) is 2.45. The van der Waals surface area contributed by atoms with Gasteiger partial charge in [-0.05, 0) is 49.1 Å². The number of amides is 1. The molecule has 1 amide bonds. The monoisotopic (exact) mass is 393 g/mol. The minimum Gasteiger partial charge on any atom is -0.478 e. The van der Waals surface area contributed by atoms with Gasteiger partial charge in [0.05, 0.1) is 16.6 Å². The first-order chi connectivity index (χ1) is 13.9. The summed E-state index contributed by atoms with van der Waals surface area (Å²) in [5.41, 5.74) is 7.65. The zero-order chi connectivity index (χ0) is 21.0. The molecule has 7 nitrogen and oxygen atoms in total. The number of nitrogens with two attached hydrogens (primary N) is 1. The predicted octanol–water partition coefficient (Wildman–Crippen LogP) is 3.61. The van der Waals surface area contributed by atoms with E-state index in [-0.39, 0.29) is 5.91 Å². The molecule has 0 unspecified atom stereocenters. The molecule has 0 saturated heterocycles. The van der Waals surface area contributed by atoms with E-state index in [1.807, 2.05) is 18.2 Å². The highest BCUT2D eigenvalue weighted by molar-refractivity contribution is 6.08. The molecule has 1 fully saturated rings. The molecule has 1 aliphatic rings. The molecule has 0 aliphatic heterocycles. The second-order valence-corrected chi connectivity index (χ2v) is 7.02. The Balaban J connectivity index is 0.000000166. The Morgan fingerprint density at radius 1 is 1.10 bits per heavy atom. The summed E-state index contributed by atoms with van der Waals surface area (Å²) in [6.07, 6.45) is 4.12. The molecule has 0 bridgehead atoms. The van der Waals surface area contributed by atoms with Crippen LogP contribution in [0.3, 0.4) is 0 Å². The standard InChI is InChI=1S/C11H10N2O2.C11H13NO2/c1-7(14)13-6-9(11(12)15)8-4-2-3-5-10(8)13;13-11(14)9-3-5-10(6-4-9)12-7-8-1-2-8/h2-6H,1H3,(H2,12,15);3-6,8,12H,1-2,7H2,(H,13,14). The van der Waals surface area contributed by atoms with Crippen LogP contribution in [0.25, 0.3) is 10.9 Å². The van der Waals surface area contributed by atoms with Crippen molar-refractivity contribution in [3.05, 3.63) is 65.9 Å². The highest BCUT2D eigenvalue weighted by Gasteiger charge is 2.20. The molecular formula is C22H23N3O4. The number of aromatic carboxylic acids is 1. The number of nitrogens with one attached hydrogen (secondary N) is 1. The number of anilines is 1. The van der Waals surface area contributed by atoms with Crippen molar-refractivity contribution >= 4 is 34.4 Å². The van der Waals surface area contributed by atoms with E-state index in [9.17, 15) is 14.4 Å². The number of nitrogens with zero attached hydrogens (tertiary/aromatic N) is 1. The van der Waals surface area contributed by atoms with E-state index in [0.29, 0.717) is 22.0 Å². The summed E-state index contributed by atoms with van der Waals surface area (Å²) in [4.78, 5) is 33.0. The first kappa shape index (κ1) is 20.1. The van der Waals surface area contributed by atoms with E-state index in [1.54, 1.807) is 30.3 Å². The van der Waals surface area contributed by atoms with Gasteiger partial charge < -0.3 is 16.2 Å². The predicted molar refractivity (Wildman–Crippen MR) is 111 cm³/mol. The molecule has 1 heterocycles. The minimum atomic E-state index is -0.876. The van der Waals surface area contributed by atoms with Gasteiger partial charge in [-0.15, -0.1) is 0 Å². The van der Waals surface area contributed by atoms with Gasteiger partial charge in [0.2, 0.25) is 5.91 Å². The van der Waals surface area contributed by atoms with Crippen molar-refractivity contribution in [3.63, 3.8) is 0 Å². The quantitative estimate of drug-likeness (QED) is 0.613. The fourth-order valence-electron chi connectivity index (χ4n) is 2.95. The summed E-state index contributed by atoms with van der Waals surface area (Å²) in [7, 11) is 0. The molecule has 1 aliphatic carbocycles. The van der Waals surface area contributed by atoms with E-state index in [4.69, 9.17) is 10.8 Å². The maximum absolute atomic E-state index is 11.3. The number of aromatic nitrogens is 1. The average Bonchev–Trinajstić information content (AvgIpc) is 3.44. The van der Waals surface area contributed by atoms with Gasteiger partial charge in [-0.1, -0.05) is 18.2 Å². The Hall–Kier alpha value is -3.61. The number of rotatable bonds is 5. The highest BCUT2D eigenvalue weighted by atomic mass is 16.4. The minimum absolute atomic E-state index is 0.140. The van der Waals surface area contributed by atoms with E-state index < -0.39 is 11.9 Å². The zero-order valence-electron chi connectivity index (χ0n) is 16.1. The number of benzene rings is 2. The van der Waals surface area contributed by atoms with E-state index >= 15 is 0 Å². The smallest absolute Gasteiger partial charge is 0.335 e. The number of carboxylic acid groups (broad SMARTS) is 1. The van der Waals surface area contributed by atoms with Crippen LogP contribution in [0.4, 0.5) is 5.69 Å². The Morgan fingerprint density at radius 2 is 1.76 bits per heavy atom. The summed E-state index contributed by atoms with van der Waals surface area (Å²) < 4.78 is 1.43. The number of para-hydroxylation sites is 1. The van der Waals surface area contributed by atoms with Crippen molar-refractivity contribution in [3.8, 4) is 0 Å². The Labute approximate surface area is 168 Å². The van der Waals surface area contributed by atoms with Crippen LogP contribution < -0.4 is 11.1 Å². The van der Waals surface area contributed by atoms with Crippen molar-refractivity contribution in [2.45, 2.75) is 19.8 Å². The Kier molecular flexibility index (Phi) is 5.97. The van der Waals surface area contributed by atoms with Crippen molar-refractivity contribution < 1.29 is 19.5 Å². The topological polar surface area (TPSA) is 114 Å². The van der Waals surface area contributed by atoms with Crippen LogP contribution in [0.2, 0.25) is 0 Å². The number of carboxylic acids is 1. The van der Waals surface area contributed by atoms with E-state index in [1.165, 1.54) is 30.5 Å². The van der Waals surface area contributed by atoms with Crippen molar-refractivity contribution in [2.24, 2.45) is 11.7 Å². The molecule has 29 heavy (non-hydrogen) atoms. The molecule has 150 valence electrons. The number of hydrogen-bond acceptors (Lipinski definition) is 4. The van der Waals surface area contributed by atoms with Crippen molar-refractivity contribution in [1.82, 2.24) is 4.57 Å². The number of carbonyl (C=O) groups excluding carboxylic acids is 2. The summed E-state index contributed by atoms with van der Waals surface area (Å²) in [5, 5.41) is 12.7. The lowest BCUT2D eigenvalue weighted by atomic mass is 10.2. The van der Waals surface area contributed by atoms with Crippen molar-refractivity contribution in [2.75, 3.05) is 11.9 Å². The number of primary amides is 1. The lowest BCUT2D eigenvalue weighted by molar-refractivity contribution is 0.0696. The van der Waals surface area contributed by atoms with Crippen molar-refractivity contribution in [1.29, 1.82) is 0 Å².